The fourth-order valence-corrected chi connectivity index (χ4v) is 4.93. The number of carbonyl (C=O) groups excluding carboxylic acids is 1. The number of fused-ring (bicyclic) bond motifs is 1. The molecule has 4 nitrogen and oxygen atoms in total. The van der Waals surface area contributed by atoms with Crippen LogP contribution < -0.4 is 5.32 Å². The van der Waals surface area contributed by atoms with Gasteiger partial charge in [0.05, 0.1) is 0 Å². The van der Waals surface area contributed by atoms with Crippen LogP contribution in [0.3, 0.4) is 0 Å². The highest BCUT2D eigenvalue weighted by Crippen LogP contribution is 2.59. The molecule has 0 aromatic heterocycles. The molecule has 1 heterocycles. The zero-order chi connectivity index (χ0) is 18.9. The van der Waals surface area contributed by atoms with Gasteiger partial charge in [0, 0.05) is 52.2 Å². The normalized spacial score (nSPS) is 28.3. The summed E-state index contributed by atoms with van der Waals surface area (Å²) in [5.74, 6) is 1.87. The number of carbonyl (C=O) groups is 1. The molecule has 3 aliphatic carbocycles. The number of allylic oxidation sites excluding steroid dienone is 1. The first-order chi connectivity index (χ1) is 12.2. The van der Waals surface area contributed by atoms with Crippen molar-refractivity contribution in [1.29, 1.82) is 0 Å². The summed E-state index contributed by atoms with van der Waals surface area (Å²) in [5, 5.41) is 3.41. The molecule has 1 aliphatic heterocycles. The molecule has 0 aromatic rings. The lowest BCUT2D eigenvalue weighted by Crippen LogP contribution is -2.51. The smallest absolute Gasteiger partial charge is 0.223 e. The summed E-state index contributed by atoms with van der Waals surface area (Å²) < 4.78 is 0. The van der Waals surface area contributed by atoms with E-state index in [1.54, 1.807) is 0 Å². The Morgan fingerprint density at radius 1 is 1.31 bits per heavy atom. The van der Waals surface area contributed by atoms with E-state index in [0.717, 1.165) is 51.7 Å². The average molecular weight is 362 g/mol. The van der Waals surface area contributed by atoms with Crippen molar-refractivity contribution in [3.63, 3.8) is 0 Å². The number of rotatable bonds is 6. The van der Waals surface area contributed by atoms with Gasteiger partial charge in [0.1, 0.15) is 0 Å². The van der Waals surface area contributed by atoms with E-state index >= 15 is 0 Å². The quantitative estimate of drug-likeness (QED) is 0.738. The van der Waals surface area contributed by atoms with Crippen LogP contribution in [0.5, 0.6) is 0 Å². The highest BCUT2D eigenvalue weighted by molar-refractivity contribution is 5.77. The minimum atomic E-state index is 0.0478. The van der Waals surface area contributed by atoms with Crippen molar-refractivity contribution in [2.24, 2.45) is 22.7 Å². The number of amides is 1. The number of piperazine rings is 1. The Kier molecular flexibility index (Phi) is 5.83. The van der Waals surface area contributed by atoms with Gasteiger partial charge in [-0.3, -0.25) is 9.69 Å². The van der Waals surface area contributed by atoms with Crippen LogP contribution in [0.2, 0.25) is 0 Å². The summed E-state index contributed by atoms with van der Waals surface area (Å²) in [6.45, 7) is 18.4. The molecule has 1 saturated carbocycles. The summed E-state index contributed by atoms with van der Waals surface area (Å²) in [6, 6.07) is 0. The van der Waals surface area contributed by atoms with Crippen LogP contribution in [0.1, 0.15) is 53.9 Å². The SMILES string of the molecule is CC(C)(C)CC(=O)N(CCN1CCNCC1)CC1=CC[C@H]2C[C@@H]1C2(C)C. The molecular formula is C22H39N3O. The molecule has 2 atom stereocenters. The summed E-state index contributed by atoms with van der Waals surface area (Å²) >= 11 is 0. The molecule has 0 spiro atoms. The molecule has 1 saturated heterocycles. The molecule has 0 radical (unpaired) electrons. The highest BCUT2D eigenvalue weighted by atomic mass is 16.2. The Labute approximate surface area is 160 Å². The van der Waals surface area contributed by atoms with Crippen LogP contribution >= 0.6 is 0 Å². The third-order valence-corrected chi connectivity index (χ3v) is 6.89. The van der Waals surface area contributed by atoms with Crippen LogP contribution in [-0.2, 0) is 4.79 Å². The molecular weight excluding hydrogens is 322 g/mol. The van der Waals surface area contributed by atoms with Gasteiger partial charge in [-0.25, -0.2) is 0 Å². The van der Waals surface area contributed by atoms with E-state index in [1.165, 1.54) is 18.4 Å². The van der Waals surface area contributed by atoms with Crippen LogP contribution in [0.25, 0.3) is 0 Å². The van der Waals surface area contributed by atoms with Gasteiger partial charge >= 0.3 is 0 Å². The molecule has 1 N–H and O–H groups in total. The Bertz CT molecular complexity index is 540. The fourth-order valence-electron chi connectivity index (χ4n) is 4.93. The second-order valence-corrected chi connectivity index (χ2v) is 10.5. The summed E-state index contributed by atoms with van der Waals surface area (Å²) in [7, 11) is 0. The molecule has 4 aliphatic rings. The topological polar surface area (TPSA) is 35.6 Å². The second kappa shape index (κ2) is 7.63. The van der Waals surface area contributed by atoms with Crippen LogP contribution in [0.4, 0.5) is 0 Å². The van der Waals surface area contributed by atoms with E-state index in [0.29, 0.717) is 23.7 Å². The van der Waals surface area contributed by atoms with Crippen molar-refractivity contribution in [1.82, 2.24) is 15.1 Å². The molecule has 2 fully saturated rings. The van der Waals surface area contributed by atoms with Gasteiger partial charge in [-0.2, -0.15) is 0 Å². The largest absolute Gasteiger partial charge is 0.337 e. The molecule has 4 rings (SSSR count). The monoisotopic (exact) mass is 361 g/mol. The lowest BCUT2D eigenvalue weighted by atomic mass is 9.49. The predicted octanol–water partition coefficient (Wildman–Crippen LogP) is 3.15. The lowest BCUT2D eigenvalue weighted by molar-refractivity contribution is -0.133. The summed E-state index contributed by atoms with van der Waals surface area (Å²) in [4.78, 5) is 17.7. The van der Waals surface area contributed by atoms with Gasteiger partial charge in [-0.05, 0) is 35.5 Å². The minimum Gasteiger partial charge on any atom is -0.337 e. The second-order valence-electron chi connectivity index (χ2n) is 10.5. The first-order valence-corrected chi connectivity index (χ1v) is 10.6. The van der Waals surface area contributed by atoms with Crippen molar-refractivity contribution in [3.05, 3.63) is 11.6 Å². The van der Waals surface area contributed by atoms with Gasteiger partial charge in [-0.15, -0.1) is 0 Å². The maximum atomic E-state index is 13.1. The molecule has 4 heteroatoms. The number of hydrogen-bond acceptors (Lipinski definition) is 3. The summed E-state index contributed by atoms with van der Waals surface area (Å²) in [6.07, 6.45) is 5.63. The van der Waals surface area contributed by atoms with E-state index in [2.05, 4.69) is 55.8 Å². The average Bonchev–Trinajstić information content (AvgIpc) is 2.57. The van der Waals surface area contributed by atoms with Gasteiger partial charge in [-0.1, -0.05) is 46.3 Å². The highest BCUT2D eigenvalue weighted by Gasteiger charge is 2.51. The molecule has 148 valence electrons. The summed E-state index contributed by atoms with van der Waals surface area (Å²) in [5.41, 5.74) is 2.01. The number of nitrogens with one attached hydrogen (secondary N) is 1. The third kappa shape index (κ3) is 4.51. The first-order valence-electron chi connectivity index (χ1n) is 10.6. The van der Waals surface area contributed by atoms with E-state index in [4.69, 9.17) is 0 Å². The van der Waals surface area contributed by atoms with E-state index in [-0.39, 0.29) is 5.41 Å². The number of nitrogens with zero attached hydrogens (tertiary/aromatic N) is 2. The molecule has 26 heavy (non-hydrogen) atoms. The Balaban J connectivity index is 1.64. The molecule has 1 amide bonds. The molecule has 0 unspecified atom stereocenters. The van der Waals surface area contributed by atoms with Gasteiger partial charge < -0.3 is 10.2 Å². The number of hydrogen-bond donors (Lipinski definition) is 1. The minimum absolute atomic E-state index is 0.0478. The fraction of sp³-hybridized carbons (Fsp3) is 0.864. The maximum Gasteiger partial charge on any atom is 0.223 e. The van der Waals surface area contributed by atoms with Crippen molar-refractivity contribution < 1.29 is 4.79 Å². The lowest BCUT2D eigenvalue weighted by Gasteiger charge is -2.57. The van der Waals surface area contributed by atoms with Crippen molar-refractivity contribution in [2.75, 3.05) is 45.8 Å². The third-order valence-electron chi connectivity index (χ3n) is 6.89. The standard InChI is InChI=1S/C22H39N3O/c1-21(2,3)15-20(26)25(13-12-24-10-8-23-9-11-24)16-17-6-7-18-14-19(17)22(18,4)5/h6,18-19,23H,7-16H2,1-5H3/t18-,19-/m0/s1. The zero-order valence-corrected chi connectivity index (χ0v) is 17.6. The van der Waals surface area contributed by atoms with Crippen LogP contribution in [0, 0.1) is 22.7 Å². The Morgan fingerprint density at radius 2 is 2.00 bits per heavy atom. The van der Waals surface area contributed by atoms with E-state index in [1.807, 2.05) is 0 Å². The van der Waals surface area contributed by atoms with Crippen LogP contribution in [-0.4, -0.2) is 61.5 Å². The van der Waals surface area contributed by atoms with Crippen molar-refractivity contribution >= 4 is 5.91 Å². The molecule has 0 aromatic carbocycles. The maximum absolute atomic E-state index is 13.1. The van der Waals surface area contributed by atoms with Crippen molar-refractivity contribution in [2.45, 2.75) is 53.9 Å². The van der Waals surface area contributed by atoms with Crippen molar-refractivity contribution in [3.8, 4) is 0 Å². The van der Waals surface area contributed by atoms with E-state index in [9.17, 15) is 4.79 Å². The Hall–Kier alpha value is -0.870. The van der Waals surface area contributed by atoms with E-state index < -0.39 is 0 Å². The van der Waals surface area contributed by atoms with Gasteiger partial charge in [0.2, 0.25) is 5.91 Å². The predicted molar refractivity (Wildman–Crippen MR) is 108 cm³/mol. The van der Waals surface area contributed by atoms with Crippen LogP contribution in [0.15, 0.2) is 11.6 Å². The Morgan fingerprint density at radius 3 is 2.58 bits per heavy atom. The molecule has 2 bridgehead atoms. The first kappa shape index (κ1) is 19.9. The zero-order valence-electron chi connectivity index (χ0n) is 17.6. The van der Waals surface area contributed by atoms with Gasteiger partial charge in [0.25, 0.3) is 0 Å². The van der Waals surface area contributed by atoms with Gasteiger partial charge in [0.15, 0.2) is 0 Å².